The highest BCUT2D eigenvalue weighted by atomic mass is 32.2. The molecule has 2 aromatic rings. The van der Waals surface area contributed by atoms with E-state index in [0.717, 1.165) is 11.3 Å². The van der Waals surface area contributed by atoms with Crippen molar-refractivity contribution in [2.45, 2.75) is 31.5 Å². The summed E-state index contributed by atoms with van der Waals surface area (Å²) < 4.78 is 29.7. The normalized spacial score (nSPS) is 11.9. The van der Waals surface area contributed by atoms with Gasteiger partial charge >= 0.3 is 0 Å². The van der Waals surface area contributed by atoms with E-state index in [1.165, 1.54) is 0 Å². The molecule has 0 aliphatic rings. The number of methoxy groups -OCH3 is 1. The molecule has 0 spiro atoms. The van der Waals surface area contributed by atoms with Crippen molar-refractivity contribution < 1.29 is 13.2 Å². The van der Waals surface area contributed by atoms with Crippen molar-refractivity contribution in [3.63, 3.8) is 0 Å². The molecule has 2 N–H and O–H groups in total. The average molecular weight is 310 g/mol. The van der Waals surface area contributed by atoms with Crippen LogP contribution in [0.2, 0.25) is 0 Å². The topological polar surface area (TPSA) is 100 Å². The largest absolute Gasteiger partial charge is 0.497 e. The lowest BCUT2D eigenvalue weighted by atomic mass is 10.1. The molecule has 0 saturated carbocycles. The van der Waals surface area contributed by atoms with Gasteiger partial charge in [-0.3, -0.25) is 4.57 Å². The summed E-state index contributed by atoms with van der Waals surface area (Å²) in [6.07, 6.45) is 0.463. The number of benzene rings is 1. The number of hydrogen-bond donors (Lipinski definition) is 1. The van der Waals surface area contributed by atoms with Crippen LogP contribution >= 0.6 is 0 Å². The first-order valence-electron chi connectivity index (χ1n) is 6.42. The second kappa shape index (κ2) is 5.82. The van der Waals surface area contributed by atoms with Crippen LogP contribution in [0.1, 0.15) is 31.3 Å². The zero-order valence-electron chi connectivity index (χ0n) is 12.1. The molecular formula is C13H18N4O3S. The van der Waals surface area contributed by atoms with E-state index in [1.54, 1.807) is 11.7 Å². The molecule has 0 atom stereocenters. The summed E-state index contributed by atoms with van der Waals surface area (Å²) in [5, 5.41) is 12.6. The zero-order chi connectivity index (χ0) is 15.6. The van der Waals surface area contributed by atoms with Gasteiger partial charge in [0.2, 0.25) is 0 Å². The molecule has 0 radical (unpaired) electrons. The second-order valence-electron chi connectivity index (χ2n) is 4.93. The van der Waals surface area contributed by atoms with Crippen LogP contribution in [-0.2, 0) is 16.4 Å². The first kappa shape index (κ1) is 15.5. The molecule has 7 nitrogen and oxygen atoms in total. The van der Waals surface area contributed by atoms with Gasteiger partial charge in [-0.25, -0.2) is 13.6 Å². The molecule has 0 aliphatic carbocycles. The third-order valence-corrected chi connectivity index (χ3v) is 3.81. The fraction of sp³-hybridized carbons (Fsp3) is 0.385. The second-order valence-corrected chi connectivity index (χ2v) is 6.39. The van der Waals surface area contributed by atoms with Gasteiger partial charge in [0.25, 0.3) is 15.2 Å². The highest BCUT2D eigenvalue weighted by molar-refractivity contribution is 7.89. The molecule has 0 unspecified atom stereocenters. The maximum absolute atomic E-state index is 11.5. The minimum absolute atomic E-state index is 0.110. The van der Waals surface area contributed by atoms with Gasteiger partial charge in [-0.2, -0.15) is 0 Å². The van der Waals surface area contributed by atoms with Crippen LogP contribution in [0.3, 0.4) is 0 Å². The van der Waals surface area contributed by atoms with Crippen molar-refractivity contribution in [3.05, 3.63) is 35.7 Å². The van der Waals surface area contributed by atoms with E-state index >= 15 is 0 Å². The molecular weight excluding hydrogens is 292 g/mol. The molecule has 1 aromatic carbocycles. The molecule has 21 heavy (non-hydrogen) atoms. The minimum Gasteiger partial charge on any atom is -0.497 e. The number of nitrogens with zero attached hydrogens (tertiary/aromatic N) is 3. The summed E-state index contributed by atoms with van der Waals surface area (Å²) in [6.45, 7) is 3.71. The summed E-state index contributed by atoms with van der Waals surface area (Å²) >= 11 is 0. The molecule has 0 amide bonds. The number of nitrogens with two attached hydrogens (primary N) is 1. The Balaban J connectivity index is 2.38. The van der Waals surface area contributed by atoms with E-state index in [4.69, 9.17) is 9.88 Å². The maximum atomic E-state index is 11.5. The lowest BCUT2D eigenvalue weighted by Gasteiger charge is -2.13. The highest BCUT2D eigenvalue weighted by Gasteiger charge is 2.22. The molecule has 1 aromatic heterocycles. The van der Waals surface area contributed by atoms with Gasteiger partial charge in [-0.15, -0.1) is 10.2 Å². The van der Waals surface area contributed by atoms with Gasteiger partial charge in [0.05, 0.1) is 7.11 Å². The third kappa shape index (κ3) is 3.40. The lowest BCUT2D eigenvalue weighted by molar-refractivity contribution is 0.414. The smallest absolute Gasteiger partial charge is 0.273 e. The maximum Gasteiger partial charge on any atom is 0.273 e. The third-order valence-electron chi connectivity index (χ3n) is 3.03. The molecule has 0 fully saturated rings. The van der Waals surface area contributed by atoms with Gasteiger partial charge in [-0.05, 0) is 31.5 Å². The Morgan fingerprint density at radius 1 is 1.24 bits per heavy atom. The number of rotatable bonds is 5. The van der Waals surface area contributed by atoms with Gasteiger partial charge in [0.1, 0.15) is 11.6 Å². The van der Waals surface area contributed by atoms with Crippen LogP contribution in [-0.4, -0.2) is 30.3 Å². The fourth-order valence-corrected chi connectivity index (χ4v) is 2.81. The van der Waals surface area contributed by atoms with Gasteiger partial charge < -0.3 is 4.74 Å². The first-order valence-corrected chi connectivity index (χ1v) is 7.97. The summed E-state index contributed by atoms with van der Waals surface area (Å²) in [7, 11) is -2.29. The standard InChI is InChI=1S/C13H18N4O3S/c1-9(2)17-12(15-16-13(17)21(14,18)19)8-10-4-6-11(20-3)7-5-10/h4-7,9H,8H2,1-3H3,(H2,14,18,19). The number of primary sulfonamides is 1. The molecule has 114 valence electrons. The minimum atomic E-state index is -3.89. The fourth-order valence-electron chi connectivity index (χ4n) is 2.07. The van der Waals surface area contributed by atoms with Crippen molar-refractivity contribution in [2.75, 3.05) is 7.11 Å². The van der Waals surface area contributed by atoms with Crippen LogP contribution in [0.25, 0.3) is 0 Å². The van der Waals surface area contributed by atoms with Gasteiger partial charge in [-0.1, -0.05) is 12.1 Å². The van der Waals surface area contributed by atoms with Crippen molar-refractivity contribution in [2.24, 2.45) is 5.14 Å². The van der Waals surface area contributed by atoms with Gasteiger partial charge in [0.15, 0.2) is 0 Å². The number of hydrogen-bond acceptors (Lipinski definition) is 5. The lowest BCUT2D eigenvalue weighted by Crippen LogP contribution is -2.20. The monoisotopic (exact) mass is 310 g/mol. The van der Waals surface area contributed by atoms with Crippen LogP contribution in [0.5, 0.6) is 5.75 Å². The Hall–Kier alpha value is -1.93. The zero-order valence-corrected chi connectivity index (χ0v) is 13.0. The van der Waals surface area contributed by atoms with E-state index in [-0.39, 0.29) is 11.2 Å². The van der Waals surface area contributed by atoms with Crippen molar-refractivity contribution in [1.29, 1.82) is 0 Å². The Bertz CT molecular complexity index is 720. The number of sulfonamides is 1. The first-order chi connectivity index (χ1) is 9.82. The van der Waals surface area contributed by atoms with E-state index in [1.807, 2.05) is 38.1 Å². The molecule has 0 bridgehead atoms. The summed E-state index contributed by atoms with van der Waals surface area (Å²) in [5.74, 6) is 1.31. The predicted molar refractivity (Wildman–Crippen MR) is 77.6 cm³/mol. The summed E-state index contributed by atoms with van der Waals surface area (Å²) in [6, 6.07) is 7.36. The Morgan fingerprint density at radius 3 is 2.33 bits per heavy atom. The predicted octanol–water partition coefficient (Wildman–Crippen LogP) is 1.11. The van der Waals surface area contributed by atoms with E-state index in [9.17, 15) is 8.42 Å². The van der Waals surface area contributed by atoms with E-state index in [2.05, 4.69) is 10.2 Å². The summed E-state index contributed by atoms with van der Waals surface area (Å²) in [4.78, 5) is 0. The Labute approximate surface area is 123 Å². The van der Waals surface area contributed by atoms with Crippen LogP contribution in [0, 0.1) is 0 Å². The molecule has 0 aliphatic heterocycles. The van der Waals surface area contributed by atoms with Crippen LogP contribution < -0.4 is 9.88 Å². The molecule has 1 heterocycles. The van der Waals surface area contributed by atoms with Gasteiger partial charge in [0, 0.05) is 12.5 Å². The van der Waals surface area contributed by atoms with Crippen LogP contribution in [0.4, 0.5) is 0 Å². The van der Waals surface area contributed by atoms with E-state index in [0.29, 0.717) is 12.2 Å². The summed E-state index contributed by atoms with van der Waals surface area (Å²) in [5.41, 5.74) is 0.978. The number of aromatic nitrogens is 3. The van der Waals surface area contributed by atoms with Crippen molar-refractivity contribution in [3.8, 4) is 5.75 Å². The average Bonchev–Trinajstić information content (AvgIpc) is 2.83. The SMILES string of the molecule is COc1ccc(Cc2nnc(S(N)(=O)=O)n2C(C)C)cc1. The number of ether oxygens (including phenoxy) is 1. The Kier molecular flexibility index (Phi) is 4.29. The van der Waals surface area contributed by atoms with Crippen molar-refractivity contribution in [1.82, 2.24) is 14.8 Å². The molecule has 8 heteroatoms. The molecule has 0 saturated heterocycles. The highest BCUT2D eigenvalue weighted by Crippen LogP contribution is 2.19. The van der Waals surface area contributed by atoms with E-state index < -0.39 is 10.0 Å². The molecule has 2 rings (SSSR count). The quantitative estimate of drug-likeness (QED) is 0.891. The van der Waals surface area contributed by atoms with Crippen LogP contribution in [0.15, 0.2) is 29.4 Å². The Morgan fingerprint density at radius 2 is 1.86 bits per heavy atom. The van der Waals surface area contributed by atoms with Crippen molar-refractivity contribution >= 4 is 10.0 Å².